The molecule has 0 fully saturated rings. The molecule has 0 aliphatic heterocycles. The van der Waals surface area contributed by atoms with Crippen molar-refractivity contribution in [2.24, 2.45) is 0 Å². The molecule has 10 nitrogen and oxygen atoms in total. The zero-order valence-electron chi connectivity index (χ0n) is 17.6. The number of rotatable bonds is 7. The third-order valence-corrected chi connectivity index (χ3v) is 5.33. The Morgan fingerprint density at radius 2 is 2.12 bits per heavy atom. The maximum absolute atomic E-state index is 13.1. The molecule has 1 N–H and O–H groups in total. The number of hydrogen-bond acceptors (Lipinski definition) is 6. The number of amides is 1. The van der Waals surface area contributed by atoms with Crippen LogP contribution >= 0.6 is 11.6 Å². The van der Waals surface area contributed by atoms with Crippen molar-refractivity contribution in [1.29, 1.82) is 0 Å². The minimum absolute atomic E-state index is 0.347. The largest absolute Gasteiger partial charge is 0.496 e. The molecular formula is C22H19ClN8O2. The van der Waals surface area contributed by atoms with Crippen LogP contribution in [-0.4, -0.2) is 46.9 Å². The number of benzene rings is 1. The molecular weight excluding hydrogens is 444 g/mol. The van der Waals surface area contributed by atoms with Gasteiger partial charge in [0.05, 0.1) is 31.9 Å². The van der Waals surface area contributed by atoms with Crippen molar-refractivity contribution in [3.63, 3.8) is 0 Å². The van der Waals surface area contributed by atoms with Crippen molar-refractivity contribution in [3.8, 4) is 17.0 Å². The number of carbonyl (C=O) groups is 1. The van der Waals surface area contributed by atoms with E-state index in [0.29, 0.717) is 52.0 Å². The van der Waals surface area contributed by atoms with Crippen LogP contribution in [0.3, 0.4) is 0 Å². The zero-order chi connectivity index (χ0) is 22.8. The Morgan fingerprint density at radius 3 is 2.94 bits per heavy atom. The van der Waals surface area contributed by atoms with Crippen LogP contribution in [0, 0.1) is 0 Å². The number of nitrogens with one attached hydrogen (secondary N) is 1. The van der Waals surface area contributed by atoms with E-state index in [9.17, 15) is 4.79 Å². The lowest BCUT2D eigenvalue weighted by molar-refractivity contribution is 0.102. The molecule has 0 saturated heterocycles. The number of aromatic nitrogens is 7. The van der Waals surface area contributed by atoms with Crippen molar-refractivity contribution < 1.29 is 9.53 Å². The van der Waals surface area contributed by atoms with Gasteiger partial charge in [0.1, 0.15) is 17.0 Å². The Kier molecular flexibility index (Phi) is 5.49. The van der Waals surface area contributed by atoms with E-state index in [2.05, 4.69) is 20.4 Å². The topological polar surface area (TPSA) is 104 Å². The van der Waals surface area contributed by atoms with Crippen LogP contribution in [-0.2, 0) is 13.1 Å². The number of nitrogens with zero attached hydrogens (tertiary/aromatic N) is 7. The van der Waals surface area contributed by atoms with Crippen molar-refractivity contribution in [1.82, 2.24) is 33.9 Å². The second-order valence-electron chi connectivity index (χ2n) is 7.20. The number of fused-ring (bicyclic) bond motifs is 1. The van der Waals surface area contributed by atoms with Crippen LogP contribution in [0.25, 0.3) is 16.9 Å². The normalized spacial score (nSPS) is 11.1. The first kappa shape index (κ1) is 20.7. The van der Waals surface area contributed by atoms with Crippen molar-refractivity contribution in [2.75, 3.05) is 12.4 Å². The van der Waals surface area contributed by atoms with Gasteiger partial charge >= 0.3 is 0 Å². The van der Waals surface area contributed by atoms with E-state index >= 15 is 0 Å². The highest BCUT2D eigenvalue weighted by molar-refractivity contribution is 6.31. The van der Waals surface area contributed by atoms with Gasteiger partial charge in [0.25, 0.3) is 5.91 Å². The number of imidazole rings is 1. The summed E-state index contributed by atoms with van der Waals surface area (Å²) in [5, 5.41) is 12.4. The number of ether oxygens (including phenoxy) is 1. The Morgan fingerprint density at radius 1 is 1.21 bits per heavy atom. The molecule has 0 bridgehead atoms. The third kappa shape index (κ3) is 4.15. The lowest BCUT2D eigenvalue weighted by atomic mass is 10.1. The van der Waals surface area contributed by atoms with Crippen molar-refractivity contribution in [3.05, 3.63) is 78.4 Å². The lowest BCUT2D eigenvalue weighted by Gasteiger charge is -2.09. The fraction of sp³-hybridized carbons (Fsp3) is 0.136. The van der Waals surface area contributed by atoms with Gasteiger partial charge in [0.15, 0.2) is 5.65 Å². The van der Waals surface area contributed by atoms with Crippen LogP contribution < -0.4 is 10.1 Å². The molecule has 1 aromatic carbocycles. The van der Waals surface area contributed by atoms with Gasteiger partial charge in [-0.05, 0) is 24.3 Å². The molecule has 4 aromatic heterocycles. The van der Waals surface area contributed by atoms with E-state index < -0.39 is 0 Å². The molecule has 1 amide bonds. The highest BCUT2D eigenvalue weighted by Gasteiger charge is 2.20. The molecule has 33 heavy (non-hydrogen) atoms. The summed E-state index contributed by atoms with van der Waals surface area (Å²) in [5.41, 5.74) is 2.54. The summed E-state index contributed by atoms with van der Waals surface area (Å²) >= 11 is 6.26. The number of methoxy groups -OCH3 is 1. The molecule has 0 aliphatic rings. The number of halogens is 1. The molecule has 11 heteroatoms. The molecule has 0 spiro atoms. The Hall–Kier alpha value is -4.18. The predicted octanol–water partition coefficient (Wildman–Crippen LogP) is 3.40. The lowest BCUT2D eigenvalue weighted by Crippen LogP contribution is -2.12. The van der Waals surface area contributed by atoms with E-state index in [0.717, 1.165) is 0 Å². The molecule has 4 heterocycles. The number of aryl methyl sites for hydroxylation is 2. The van der Waals surface area contributed by atoms with Gasteiger partial charge in [-0.15, -0.1) is 0 Å². The molecule has 0 atom stereocenters. The Bertz CT molecular complexity index is 1420. The van der Waals surface area contributed by atoms with Gasteiger partial charge in [0.2, 0.25) is 0 Å². The SMILES string of the molecule is COc1ccc(Cl)cc1-c1nn(CCn2ccnc2)cc1NC(=O)c1cnn2cccnc12. The summed E-state index contributed by atoms with van der Waals surface area (Å²) in [6.45, 7) is 1.24. The smallest absolute Gasteiger partial charge is 0.261 e. The number of hydrogen-bond donors (Lipinski definition) is 1. The maximum atomic E-state index is 13.1. The van der Waals surface area contributed by atoms with Crippen LogP contribution in [0.1, 0.15) is 10.4 Å². The fourth-order valence-electron chi connectivity index (χ4n) is 3.51. The van der Waals surface area contributed by atoms with Gasteiger partial charge in [-0.1, -0.05) is 11.6 Å². The highest BCUT2D eigenvalue weighted by atomic mass is 35.5. The van der Waals surface area contributed by atoms with Gasteiger partial charge in [-0.2, -0.15) is 10.2 Å². The zero-order valence-corrected chi connectivity index (χ0v) is 18.3. The maximum Gasteiger partial charge on any atom is 0.261 e. The first-order chi connectivity index (χ1) is 16.1. The fourth-order valence-corrected chi connectivity index (χ4v) is 3.68. The Balaban J connectivity index is 1.52. The number of anilines is 1. The molecule has 5 aromatic rings. The quantitative estimate of drug-likeness (QED) is 0.397. The second-order valence-corrected chi connectivity index (χ2v) is 7.64. The van der Waals surface area contributed by atoms with Gasteiger partial charge < -0.3 is 14.6 Å². The van der Waals surface area contributed by atoms with Crippen LogP contribution in [0.2, 0.25) is 5.02 Å². The molecule has 0 aliphatic carbocycles. The first-order valence-electron chi connectivity index (χ1n) is 10.1. The minimum atomic E-state index is -0.347. The van der Waals surface area contributed by atoms with E-state index in [1.165, 1.54) is 6.20 Å². The minimum Gasteiger partial charge on any atom is -0.496 e. The summed E-state index contributed by atoms with van der Waals surface area (Å²) in [5.74, 6) is 0.243. The summed E-state index contributed by atoms with van der Waals surface area (Å²) < 4.78 is 10.8. The summed E-state index contributed by atoms with van der Waals surface area (Å²) in [7, 11) is 1.58. The average Bonchev–Trinajstić information content (AvgIpc) is 3.57. The molecule has 0 saturated carbocycles. The van der Waals surface area contributed by atoms with Crippen molar-refractivity contribution in [2.45, 2.75) is 13.1 Å². The molecule has 5 rings (SSSR count). The van der Waals surface area contributed by atoms with Gasteiger partial charge in [-0.3, -0.25) is 9.48 Å². The molecule has 0 unspecified atom stereocenters. The van der Waals surface area contributed by atoms with E-state index in [-0.39, 0.29) is 5.91 Å². The second kappa shape index (κ2) is 8.75. The summed E-state index contributed by atoms with van der Waals surface area (Å²) in [4.78, 5) is 21.5. The predicted molar refractivity (Wildman–Crippen MR) is 122 cm³/mol. The monoisotopic (exact) mass is 462 g/mol. The number of carbonyl (C=O) groups excluding carboxylic acids is 1. The summed E-state index contributed by atoms with van der Waals surface area (Å²) in [6, 6.07) is 7.01. The highest BCUT2D eigenvalue weighted by Crippen LogP contribution is 2.36. The molecule has 166 valence electrons. The van der Waals surface area contributed by atoms with E-state index in [1.807, 2.05) is 10.8 Å². The standard InChI is InChI=1S/C22H19ClN8O2/c1-33-19-4-3-15(23)11-16(19)20-18(13-30(28-20)10-9-29-8-6-24-14-29)27-22(32)17-12-26-31-7-2-5-25-21(17)31/h2-8,11-14H,9-10H2,1H3,(H,27,32). The van der Waals surface area contributed by atoms with Crippen LogP contribution in [0.4, 0.5) is 5.69 Å². The van der Waals surface area contributed by atoms with Crippen molar-refractivity contribution >= 4 is 28.8 Å². The van der Waals surface area contributed by atoms with E-state index in [4.69, 9.17) is 21.4 Å². The van der Waals surface area contributed by atoms with Gasteiger partial charge in [0, 0.05) is 48.1 Å². The van der Waals surface area contributed by atoms with Gasteiger partial charge in [-0.25, -0.2) is 14.5 Å². The van der Waals surface area contributed by atoms with Crippen LogP contribution in [0.15, 0.2) is 67.8 Å². The summed E-state index contributed by atoms with van der Waals surface area (Å²) in [6.07, 6.45) is 12.0. The first-order valence-corrected chi connectivity index (χ1v) is 10.5. The average molecular weight is 463 g/mol. The van der Waals surface area contributed by atoms with Crippen LogP contribution in [0.5, 0.6) is 5.75 Å². The Labute approximate surface area is 193 Å². The molecule has 0 radical (unpaired) electrons. The van der Waals surface area contributed by atoms with E-state index in [1.54, 1.807) is 71.7 Å². The third-order valence-electron chi connectivity index (χ3n) is 5.10.